The Hall–Kier alpha value is -2.12. The van der Waals surface area contributed by atoms with Crippen LogP contribution in [0.4, 0.5) is 4.79 Å². The van der Waals surface area contributed by atoms with E-state index in [-0.39, 0.29) is 6.54 Å². The summed E-state index contributed by atoms with van der Waals surface area (Å²) in [5.41, 5.74) is 0. The largest absolute Gasteiger partial charge is 0.480 e. The molecule has 0 spiro atoms. The normalized spacial score (nSPS) is 11.9. The van der Waals surface area contributed by atoms with Gasteiger partial charge >= 0.3 is 12.0 Å². The fourth-order valence-electron chi connectivity index (χ4n) is 0.934. The highest BCUT2D eigenvalue weighted by molar-refractivity contribution is 5.81. The third kappa shape index (κ3) is 3.56. The molecule has 0 aliphatic heterocycles. The lowest BCUT2D eigenvalue weighted by atomic mass is 10.3. The molecule has 8 heteroatoms. The number of hydrogen-bond acceptors (Lipinski definition) is 4. The monoisotopic (exact) mass is 227 g/mol. The number of carbonyl (C=O) groups is 2. The minimum absolute atomic E-state index is 0.152. The van der Waals surface area contributed by atoms with E-state index >= 15 is 0 Å². The van der Waals surface area contributed by atoms with Crippen LogP contribution in [0.1, 0.15) is 12.7 Å². The minimum Gasteiger partial charge on any atom is -0.480 e. The Kier molecular flexibility index (Phi) is 3.81. The standard InChI is InChI=1S/C8H13N5O3/c1-5(7(14)15)11-8(16)9-3-6-10-4-13(2)12-6/h4-5H,3H2,1-2H3,(H,14,15)(H2,9,11,16)/t5-/m0/s1. The number of urea groups is 1. The lowest BCUT2D eigenvalue weighted by Crippen LogP contribution is -2.44. The van der Waals surface area contributed by atoms with E-state index in [0.717, 1.165) is 0 Å². The number of rotatable bonds is 4. The summed E-state index contributed by atoms with van der Waals surface area (Å²) in [5, 5.41) is 17.2. The molecule has 3 N–H and O–H groups in total. The molecule has 1 atom stereocenters. The fourth-order valence-corrected chi connectivity index (χ4v) is 0.934. The number of carbonyl (C=O) groups excluding carboxylic acids is 1. The Morgan fingerprint density at radius 2 is 2.31 bits per heavy atom. The van der Waals surface area contributed by atoms with E-state index in [4.69, 9.17) is 5.11 Å². The first-order chi connectivity index (χ1) is 7.49. The predicted octanol–water partition coefficient (Wildman–Crippen LogP) is -0.913. The van der Waals surface area contributed by atoms with Crippen LogP contribution in [0.2, 0.25) is 0 Å². The molecule has 8 nitrogen and oxygen atoms in total. The van der Waals surface area contributed by atoms with Gasteiger partial charge in [0.1, 0.15) is 12.4 Å². The fraction of sp³-hybridized carbons (Fsp3) is 0.500. The highest BCUT2D eigenvalue weighted by Gasteiger charge is 2.13. The Morgan fingerprint density at radius 3 is 2.81 bits per heavy atom. The molecule has 0 aliphatic carbocycles. The van der Waals surface area contributed by atoms with Crippen molar-refractivity contribution in [3.8, 4) is 0 Å². The molecule has 1 rings (SSSR count). The van der Waals surface area contributed by atoms with Crippen molar-refractivity contribution in [1.29, 1.82) is 0 Å². The van der Waals surface area contributed by atoms with Crippen LogP contribution in [0.5, 0.6) is 0 Å². The van der Waals surface area contributed by atoms with Crippen LogP contribution in [0, 0.1) is 0 Å². The van der Waals surface area contributed by atoms with Crippen molar-refractivity contribution in [1.82, 2.24) is 25.4 Å². The number of carboxylic acids is 1. The number of aryl methyl sites for hydroxylation is 1. The molecule has 2 amide bonds. The second-order valence-corrected chi connectivity index (χ2v) is 3.22. The predicted molar refractivity (Wildman–Crippen MR) is 53.5 cm³/mol. The summed E-state index contributed by atoms with van der Waals surface area (Å²) in [6, 6.07) is -1.50. The summed E-state index contributed by atoms with van der Waals surface area (Å²) < 4.78 is 1.51. The zero-order valence-corrected chi connectivity index (χ0v) is 8.97. The van der Waals surface area contributed by atoms with Gasteiger partial charge < -0.3 is 15.7 Å². The van der Waals surface area contributed by atoms with Crippen LogP contribution >= 0.6 is 0 Å². The van der Waals surface area contributed by atoms with Gasteiger partial charge in [-0.25, -0.2) is 9.78 Å². The van der Waals surface area contributed by atoms with Gasteiger partial charge in [0.05, 0.1) is 6.54 Å². The van der Waals surface area contributed by atoms with Gasteiger partial charge in [0, 0.05) is 7.05 Å². The summed E-state index contributed by atoms with van der Waals surface area (Å²) in [6.07, 6.45) is 1.51. The van der Waals surface area contributed by atoms with E-state index in [1.807, 2.05) is 0 Å². The van der Waals surface area contributed by atoms with Crippen molar-refractivity contribution in [2.24, 2.45) is 7.05 Å². The highest BCUT2D eigenvalue weighted by atomic mass is 16.4. The van der Waals surface area contributed by atoms with Crippen LogP contribution in [0.3, 0.4) is 0 Å². The van der Waals surface area contributed by atoms with E-state index in [0.29, 0.717) is 5.82 Å². The van der Waals surface area contributed by atoms with E-state index in [9.17, 15) is 9.59 Å². The van der Waals surface area contributed by atoms with Gasteiger partial charge in [-0.3, -0.25) is 9.48 Å². The number of carboxylic acid groups (broad SMARTS) is 1. The van der Waals surface area contributed by atoms with Gasteiger partial charge in [0.25, 0.3) is 0 Å². The molecular weight excluding hydrogens is 214 g/mol. The molecule has 0 bridgehead atoms. The first-order valence-corrected chi connectivity index (χ1v) is 4.60. The molecule has 0 saturated heterocycles. The van der Waals surface area contributed by atoms with Crippen molar-refractivity contribution >= 4 is 12.0 Å². The average molecular weight is 227 g/mol. The minimum atomic E-state index is -1.09. The van der Waals surface area contributed by atoms with Crippen LogP contribution in [-0.2, 0) is 18.4 Å². The summed E-state index contributed by atoms with van der Waals surface area (Å²) >= 11 is 0. The van der Waals surface area contributed by atoms with Gasteiger partial charge in [-0.1, -0.05) is 0 Å². The molecule has 1 heterocycles. The number of aliphatic carboxylic acids is 1. The second kappa shape index (κ2) is 5.10. The van der Waals surface area contributed by atoms with Crippen LogP contribution in [-0.4, -0.2) is 37.9 Å². The van der Waals surface area contributed by atoms with E-state index in [2.05, 4.69) is 20.7 Å². The molecular formula is C8H13N5O3. The Balaban J connectivity index is 2.33. The average Bonchev–Trinajstić information content (AvgIpc) is 2.61. The number of hydrogen-bond donors (Lipinski definition) is 3. The Labute approximate surface area is 91.7 Å². The molecule has 0 radical (unpaired) electrons. The molecule has 88 valence electrons. The lowest BCUT2D eigenvalue weighted by molar-refractivity contribution is -0.138. The third-order valence-electron chi connectivity index (χ3n) is 1.77. The molecule has 0 unspecified atom stereocenters. The molecule has 1 aromatic rings. The van der Waals surface area contributed by atoms with Crippen LogP contribution < -0.4 is 10.6 Å². The van der Waals surface area contributed by atoms with E-state index < -0.39 is 18.0 Å². The van der Waals surface area contributed by atoms with Crippen LogP contribution in [0.15, 0.2) is 6.33 Å². The maximum absolute atomic E-state index is 11.2. The second-order valence-electron chi connectivity index (χ2n) is 3.22. The van der Waals surface area contributed by atoms with Gasteiger partial charge in [-0.15, -0.1) is 0 Å². The van der Waals surface area contributed by atoms with Gasteiger partial charge in [-0.2, -0.15) is 5.10 Å². The maximum Gasteiger partial charge on any atom is 0.325 e. The topological polar surface area (TPSA) is 109 Å². The maximum atomic E-state index is 11.2. The lowest BCUT2D eigenvalue weighted by Gasteiger charge is -2.09. The molecule has 1 aromatic heterocycles. The van der Waals surface area contributed by atoms with Crippen molar-refractivity contribution < 1.29 is 14.7 Å². The van der Waals surface area contributed by atoms with Crippen LogP contribution in [0.25, 0.3) is 0 Å². The number of aromatic nitrogens is 3. The SMILES string of the molecule is C[C@H](NC(=O)NCc1ncn(C)n1)C(=O)O. The zero-order valence-electron chi connectivity index (χ0n) is 8.97. The number of nitrogens with one attached hydrogen (secondary N) is 2. The Bertz CT molecular complexity index is 389. The first-order valence-electron chi connectivity index (χ1n) is 4.60. The van der Waals surface area contributed by atoms with E-state index in [1.54, 1.807) is 7.05 Å². The first kappa shape index (κ1) is 12.0. The van der Waals surface area contributed by atoms with Gasteiger partial charge in [-0.05, 0) is 6.92 Å². The van der Waals surface area contributed by atoms with Crippen molar-refractivity contribution in [2.75, 3.05) is 0 Å². The third-order valence-corrected chi connectivity index (χ3v) is 1.77. The van der Waals surface area contributed by atoms with Gasteiger partial charge in [0.2, 0.25) is 0 Å². The molecule has 0 aromatic carbocycles. The summed E-state index contributed by atoms with van der Waals surface area (Å²) in [5.74, 6) is -0.633. The van der Waals surface area contributed by atoms with Gasteiger partial charge in [0.15, 0.2) is 5.82 Å². The summed E-state index contributed by atoms with van der Waals surface area (Å²) in [6.45, 7) is 1.53. The van der Waals surface area contributed by atoms with Crippen molar-refractivity contribution in [2.45, 2.75) is 19.5 Å². The van der Waals surface area contributed by atoms with E-state index in [1.165, 1.54) is 17.9 Å². The number of amides is 2. The number of nitrogens with zero attached hydrogens (tertiary/aromatic N) is 3. The highest BCUT2D eigenvalue weighted by Crippen LogP contribution is 1.87. The van der Waals surface area contributed by atoms with Crippen molar-refractivity contribution in [3.05, 3.63) is 12.2 Å². The molecule has 0 fully saturated rings. The molecule has 16 heavy (non-hydrogen) atoms. The smallest absolute Gasteiger partial charge is 0.325 e. The molecule has 0 aliphatic rings. The van der Waals surface area contributed by atoms with Crippen molar-refractivity contribution in [3.63, 3.8) is 0 Å². The zero-order chi connectivity index (χ0) is 12.1. The Morgan fingerprint density at radius 1 is 1.62 bits per heavy atom. The molecule has 0 saturated carbocycles. The quantitative estimate of drug-likeness (QED) is 0.616. The summed E-state index contributed by atoms with van der Waals surface area (Å²) in [4.78, 5) is 25.5. The summed E-state index contributed by atoms with van der Waals surface area (Å²) in [7, 11) is 1.71.